The minimum atomic E-state index is -4.59. The van der Waals surface area contributed by atoms with Gasteiger partial charge in [0.25, 0.3) is 5.56 Å². The second kappa shape index (κ2) is 9.41. The molecule has 184 valence electrons. The number of alkyl halides is 3. The summed E-state index contributed by atoms with van der Waals surface area (Å²) < 4.78 is 45.6. The van der Waals surface area contributed by atoms with Crippen LogP contribution in [0.15, 0.2) is 53.3 Å². The molecule has 1 amide bonds. The summed E-state index contributed by atoms with van der Waals surface area (Å²) in [6.45, 7) is 0.210. The topological polar surface area (TPSA) is 126 Å². The Bertz CT molecular complexity index is 1340. The number of carbonyl (C=O) groups excluding carboxylic acids is 1. The number of hydrogen-bond donors (Lipinski definition) is 3. The standard InChI is InChI=1S/C24H22F3N3O5/c25-24(26,27)18-6-2-1-5-16(18)20-10-13-8-9-14(11-17(13)21(31)29-20)30-12-15(35-23(30)34)4-3-7-19(28)22(32)33/h1-2,5-6,8-11,15,19H,3-4,7,12,28H2,(H,29,31)(H,32,33)/t15?,19-/m1/s1. The molecule has 1 saturated heterocycles. The maximum absolute atomic E-state index is 13.4. The van der Waals surface area contributed by atoms with Crippen molar-refractivity contribution in [2.75, 3.05) is 11.4 Å². The van der Waals surface area contributed by atoms with Gasteiger partial charge in [-0.1, -0.05) is 24.3 Å². The van der Waals surface area contributed by atoms with Gasteiger partial charge in [0.1, 0.15) is 12.1 Å². The fourth-order valence-corrected chi connectivity index (χ4v) is 4.10. The van der Waals surface area contributed by atoms with Gasteiger partial charge in [0.2, 0.25) is 0 Å². The predicted octanol–water partition coefficient (Wildman–Crippen LogP) is 4.12. The first-order valence-electron chi connectivity index (χ1n) is 10.8. The quantitative estimate of drug-likeness (QED) is 0.458. The molecule has 2 heterocycles. The minimum absolute atomic E-state index is 0.0309. The summed E-state index contributed by atoms with van der Waals surface area (Å²) in [5, 5.41) is 9.47. The van der Waals surface area contributed by atoms with Crippen molar-refractivity contribution in [2.24, 2.45) is 5.73 Å². The van der Waals surface area contributed by atoms with Crippen molar-refractivity contribution < 1.29 is 32.6 Å². The monoisotopic (exact) mass is 489 g/mol. The van der Waals surface area contributed by atoms with Crippen molar-refractivity contribution in [3.05, 3.63) is 64.4 Å². The number of fused-ring (bicyclic) bond motifs is 1. The van der Waals surface area contributed by atoms with E-state index in [1.54, 1.807) is 12.1 Å². The van der Waals surface area contributed by atoms with Crippen LogP contribution >= 0.6 is 0 Å². The Hall–Kier alpha value is -3.86. The van der Waals surface area contributed by atoms with E-state index in [1.165, 1.54) is 35.2 Å². The molecule has 0 spiro atoms. The van der Waals surface area contributed by atoms with E-state index >= 15 is 0 Å². The molecule has 1 unspecified atom stereocenters. The fraction of sp³-hybridized carbons (Fsp3) is 0.292. The summed E-state index contributed by atoms with van der Waals surface area (Å²) in [4.78, 5) is 39.8. The van der Waals surface area contributed by atoms with Crippen molar-refractivity contribution in [3.63, 3.8) is 0 Å². The molecule has 2 atom stereocenters. The van der Waals surface area contributed by atoms with Gasteiger partial charge >= 0.3 is 18.2 Å². The average Bonchev–Trinajstić information content (AvgIpc) is 3.18. The zero-order chi connectivity index (χ0) is 25.3. The molecule has 0 saturated carbocycles. The van der Waals surface area contributed by atoms with Gasteiger partial charge in [-0.25, -0.2) is 4.79 Å². The summed E-state index contributed by atoms with van der Waals surface area (Å²) in [6, 6.07) is 10.1. The molecule has 35 heavy (non-hydrogen) atoms. The zero-order valence-electron chi connectivity index (χ0n) is 18.3. The Kier molecular flexibility index (Phi) is 6.53. The average molecular weight is 489 g/mol. The number of ether oxygens (including phenoxy) is 1. The number of carboxylic acid groups (broad SMARTS) is 1. The van der Waals surface area contributed by atoms with Crippen molar-refractivity contribution >= 4 is 28.5 Å². The molecule has 0 aliphatic carbocycles. The molecular weight excluding hydrogens is 467 g/mol. The second-order valence-electron chi connectivity index (χ2n) is 8.32. The highest BCUT2D eigenvalue weighted by Gasteiger charge is 2.34. The van der Waals surface area contributed by atoms with Crippen LogP contribution in [0.1, 0.15) is 24.8 Å². The van der Waals surface area contributed by atoms with Crippen molar-refractivity contribution in [1.82, 2.24) is 4.98 Å². The van der Waals surface area contributed by atoms with Crippen LogP contribution in [0.2, 0.25) is 0 Å². The molecule has 4 rings (SSSR count). The molecular formula is C24H22F3N3O5. The number of rotatable bonds is 7. The van der Waals surface area contributed by atoms with Crippen LogP contribution in [-0.4, -0.2) is 40.8 Å². The molecule has 0 bridgehead atoms. The van der Waals surface area contributed by atoms with Crippen LogP contribution < -0.4 is 16.2 Å². The lowest BCUT2D eigenvalue weighted by Crippen LogP contribution is -2.30. The van der Waals surface area contributed by atoms with Gasteiger partial charge in [-0.3, -0.25) is 14.5 Å². The first kappa shape index (κ1) is 24.3. The number of amides is 1. The van der Waals surface area contributed by atoms with Gasteiger partial charge in [0.05, 0.1) is 12.1 Å². The van der Waals surface area contributed by atoms with Crippen LogP contribution in [0.5, 0.6) is 0 Å². The Morgan fingerprint density at radius 1 is 1.20 bits per heavy atom. The van der Waals surface area contributed by atoms with Gasteiger partial charge in [-0.15, -0.1) is 0 Å². The molecule has 2 aromatic carbocycles. The summed E-state index contributed by atoms with van der Waals surface area (Å²) in [5.41, 5.74) is 4.32. The van der Waals surface area contributed by atoms with E-state index in [0.29, 0.717) is 23.9 Å². The number of nitrogens with two attached hydrogens (primary N) is 1. The number of nitrogens with one attached hydrogen (secondary N) is 1. The normalized spacial score (nSPS) is 17.0. The number of carboxylic acids is 1. The first-order valence-corrected chi connectivity index (χ1v) is 10.8. The third-order valence-electron chi connectivity index (χ3n) is 5.90. The number of pyridine rings is 1. The lowest BCUT2D eigenvalue weighted by molar-refractivity contribution is -0.139. The van der Waals surface area contributed by atoms with E-state index in [9.17, 15) is 27.6 Å². The lowest BCUT2D eigenvalue weighted by atomic mass is 10.0. The molecule has 11 heteroatoms. The van der Waals surface area contributed by atoms with Crippen molar-refractivity contribution in [3.8, 4) is 11.3 Å². The van der Waals surface area contributed by atoms with E-state index in [0.717, 1.165) is 6.07 Å². The van der Waals surface area contributed by atoms with E-state index < -0.39 is 41.5 Å². The highest BCUT2D eigenvalue weighted by Crippen LogP contribution is 2.36. The molecule has 3 aromatic rings. The van der Waals surface area contributed by atoms with Crippen molar-refractivity contribution in [2.45, 2.75) is 37.6 Å². The molecule has 1 fully saturated rings. The number of benzene rings is 2. The maximum Gasteiger partial charge on any atom is 0.417 e. The highest BCUT2D eigenvalue weighted by atomic mass is 19.4. The van der Waals surface area contributed by atoms with Gasteiger partial charge in [-0.2, -0.15) is 13.2 Å². The summed E-state index contributed by atoms with van der Waals surface area (Å²) >= 11 is 0. The van der Waals surface area contributed by atoms with E-state index in [4.69, 9.17) is 15.6 Å². The number of aromatic nitrogens is 1. The van der Waals surface area contributed by atoms with Crippen LogP contribution in [-0.2, 0) is 15.7 Å². The van der Waals surface area contributed by atoms with E-state index in [2.05, 4.69) is 4.98 Å². The van der Waals surface area contributed by atoms with Gasteiger partial charge in [0.15, 0.2) is 0 Å². The van der Waals surface area contributed by atoms with E-state index in [1.807, 2.05) is 0 Å². The number of carbonyl (C=O) groups is 2. The molecule has 8 nitrogen and oxygen atoms in total. The third-order valence-corrected chi connectivity index (χ3v) is 5.90. The molecule has 1 aliphatic heterocycles. The number of aromatic amines is 1. The minimum Gasteiger partial charge on any atom is -0.480 e. The van der Waals surface area contributed by atoms with Crippen molar-refractivity contribution in [1.29, 1.82) is 0 Å². The highest BCUT2D eigenvalue weighted by molar-refractivity contribution is 5.94. The third kappa shape index (κ3) is 5.14. The van der Waals surface area contributed by atoms with Crippen LogP contribution in [0.4, 0.5) is 23.7 Å². The Balaban J connectivity index is 1.57. The zero-order valence-corrected chi connectivity index (χ0v) is 18.3. The SMILES string of the molecule is N[C@H](CCCC1CN(c2ccc3cc(-c4ccccc4C(F)(F)F)[nH]c(=O)c3c2)C(=O)O1)C(=O)O. The first-order chi connectivity index (χ1) is 16.5. The summed E-state index contributed by atoms with van der Waals surface area (Å²) in [6.07, 6.45) is -4.52. The molecule has 0 radical (unpaired) electrons. The summed E-state index contributed by atoms with van der Waals surface area (Å²) in [7, 11) is 0. The number of anilines is 1. The smallest absolute Gasteiger partial charge is 0.417 e. The number of aliphatic carboxylic acids is 1. The van der Waals surface area contributed by atoms with Gasteiger partial charge in [0, 0.05) is 22.3 Å². The number of nitrogens with zero attached hydrogens (tertiary/aromatic N) is 1. The predicted molar refractivity (Wildman–Crippen MR) is 122 cm³/mol. The Morgan fingerprint density at radius 3 is 2.66 bits per heavy atom. The number of H-pyrrole nitrogens is 1. The van der Waals surface area contributed by atoms with Crippen LogP contribution in [0.3, 0.4) is 0 Å². The van der Waals surface area contributed by atoms with Gasteiger partial charge in [-0.05, 0) is 48.9 Å². The van der Waals surface area contributed by atoms with Crippen LogP contribution in [0.25, 0.3) is 22.0 Å². The molecule has 4 N–H and O–H groups in total. The largest absolute Gasteiger partial charge is 0.480 e. The fourth-order valence-electron chi connectivity index (χ4n) is 4.10. The Labute approximate surface area is 197 Å². The number of hydrogen-bond acceptors (Lipinski definition) is 5. The van der Waals surface area contributed by atoms with Gasteiger partial charge < -0.3 is 20.6 Å². The summed E-state index contributed by atoms with van der Waals surface area (Å²) in [5.74, 6) is -1.10. The van der Waals surface area contributed by atoms with Crippen LogP contribution in [0, 0.1) is 0 Å². The molecule has 1 aromatic heterocycles. The number of halogens is 3. The number of cyclic esters (lactones) is 1. The molecule has 1 aliphatic rings. The lowest BCUT2D eigenvalue weighted by Gasteiger charge is -2.15. The van der Waals surface area contributed by atoms with E-state index in [-0.39, 0.29) is 29.6 Å². The maximum atomic E-state index is 13.4. The second-order valence-corrected chi connectivity index (χ2v) is 8.32. The Morgan fingerprint density at radius 2 is 1.94 bits per heavy atom.